The maximum atomic E-state index is 12.9. The van der Waals surface area contributed by atoms with Crippen molar-refractivity contribution < 1.29 is 19.5 Å². The summed E-state index contributed by atoms with van der Waals surface area (Å²) in [4.78, 5) is 39.9. The molecule has 1 aliphatic heterocycles. The van der Waals surface area contributed by atoms with Gasteiger partial charge in [0.05, 0.1) is 5.92 Å². The van der Waals surface area contributed by atoms with E-state index in [1.807, 2.05) is 20.8 Å². The number of hydrogen-bond donors (Lipinski definition) is 1. The van der Waals surface area contributed by atoms with Crippen molar-refractivity contribution in [2.75, 3.05) is 13.1 Å². The van der Waals surface area contributed by atoms with Crippen LogP contribution in [0.5, 0.6) is 0 Å². The van der Waals surface area contributed by atoms with Crippen molar-refractivity contribution in [2.45, 2.75) is 65.5 Å². The summed E-state index contributed by atoms with van der Waals surface area (Å²) in [5.41, 5.74) is -0.463. The molecule has 1 heterocycles. The minimum Gasteiger partial charge on any atom is -0.480 e. The third-order valence-electron chi connectivity index (χ3n) is 4.67. The van der Waals surface area contributed by atoms with Gasteiger partial charge in [-0.15, -0.1) is 0 Å². The maximum absolute atomic E-state index is 12.9. The smallest absolute Gasteiger partial charge is 0.326 e. The highest BCUT2D eigenvalue weighted by atomic mass is 16.4. The van der Waals surface area contributed by atoms with Crippen LogP contribution < -0.4 is 0 Å². The van der Waals surface area contributed by atoms with Crippen LogP contribution in [0.1, 0.15) is 53.4 Å². The summed E-state index contributed by atoms with van der Waals surface area (Å²) >= 11 is 0. The van der Waals surface area contributed by atoms with Crippen LogP contribution in [0.4, 0.5) is 0 Å². The molecule has 1 saturated carbocycles. The van der Waals surface area contributed by atoms with Gasteiger partial charge in [0, 0.05) is 24.5 Å². The van der Waals surface area contributed by atoms with Gasteiger partial charge in [0.25, 0.3) is 0 Å². The third kappa shape index (κ3) is 4.03. The number of carbonyl (C=O) groups excluding carboxylic acids is 2. The van der Waals surface area contributed by atoms with Gasteiger partial charge in [-0.1, -0.05) is 20.8 Å². The van der Waals surface area contributed by atoms with Crippen LogP contribution in [0.3, 0.4) is 0 Å². The molecule has 1 saturated heterocycles. The molecular weight excluding hydrogens is 296 g/mol. The molecule has 2 atom stereocenters. The van der Waals surface area contributed by atoms with Crippen LogP contribution in [-0.2, 0) is 14.4 Å². The molecule has 1 aliphatic carbocycles. The highest BCUT2D eigenvalue weighted by Crippen LogP contribution is 2.32. The minimum absolute atomic E-state index is 0.0549. The SMILES string of the molecule is CC(C(=O)O)N(C(=O)C1CCCN(C(=O)C(C)(C)C)C1)C1CC1. The molecule has 0 spiro atoms. The van der Waals surface area contributed by atoms with E-state index < -0.39 is 17.4 Å². The Hall–Kier alpha value is -1.59. The summed E-state index contributed by atoms with van der Waals surface area (Å²) in [6, 6.07) is -0.744. The van der Waals surface area contributed by atoms with Crippen molar-refractivity contribution in [3.05, 3.63) is 0 Å². The Balaban J connectivity index is 2.09. The molecule has 2 aliphatic rings. The zero-order valence-corrected chi connectivity index (χ0v) is 14.5. The van der Waals surface area contributed by atoms with Gasteiger partial charge in [0.1, 0.15) is 6.04 Å². The summed E-state index contributed by atoms with van der Waals surface area (Å²) in [7, 11) is 0. The number of piperidine rings is 1. The molecule has 0 bridgehead atoms. The van der Waals surface area contributed by atoms with Crippen molar-refractivity contribution in [2.24, 2.45) is 11.3 Å². The number of hydrogen-bond acceptors (Lipinski definition) is 3. The normalized spacial score (nSPS) is 23.3. The molecule has 2 rings (SSSR count). The summed E-state index contributed by atoms with van der Waals surface area (Å²) in [5.74, 6) is -1.30. The van der Waals surface area contributed by atoms with Gasteiger partial charge in [0.15, 0.2) is 0 Å². The lowest BCUT2D eigenvalue weighted by molar-refractivity contribution is -0.154. The second-order valence-electron chi connectivity index (χ2n) is 7.83. The van der Waals surface area contributed by atoms with E-state index in [0.717, 1.165) is 25.7 Å². The number of rotatable bonds is 4. The summed E-state index contributed by atoms with van der Waals surface area (Å²) in [5, 5.41) is 9.26. The quantitative estimate of drug-likeness (QED) is 0.854. The lowest BCUT2D eigenvalue weighted by Gasteiger charge is -2.38. The van der Waals surface area contributed by atoms with Crippen LogP contribution in [0, 0.1) is 11.3 Å². The fourth-order valence-electron chi connectivity index (χ4n) is 3.21. The predicted octanol–water partition coefficient (Wildman–Crippen LogP) is 1.74. The standard InChI is InChI=1S/C17H28N2O4/c1-11(15(21)22)19(13-7-8-13)14(20)12-6-5-9-18(10-12)16(23)17(2,3)4/h11-13H,5-10H2,1-4H3,(H,21,22). The molecule has 0 aromatic carbocycles. The zero-order chi connectivity index (χ0) is 17.4. The minimum atomic E-state index is -0.969. The fourth-order valence-corrected chi connectivity index (χ4v) is 3.21. The Labute approximate surface area is 137 Å². The number of nitrogens with zero attached hydrogens (tertiary/aromatic N) is 2. The monoisotopic (exact) mass is 324 g/mol. The highest BCUT2D eigenvalue weighted by Gasteiger charge is 2.42. The average molecular weight is 324 g/mol. The molecule has 2 unspecified atom stereocenters. The number of carboxylic acids is 1. The van der Waals surface area contributed by atoms with E-state index in [9.17, 15) is 19.5 Å². The van der Waals surface area contributed by atoms with E-state index in [-0.39, 0.29) is 23.8 Å². The zero-order valence-electron chi connectivity index (χ0n) is 14.5. The van der Waals surface area contributed by atoms with Gasteiger partial charge in [-0.05, 0) is 32.6 Å². The second kappa shape index (κ2) is 6.49. The molecule has 1 N–H and O–H groups in total. The van der Waals surface area contributed by atoms with Gasteiger partial charge < -0.3 is 14.9 Å². The Bertz CT molecular complexity index is 493. The molecule has 0 radical (unpaired) electrons. The molecule has 2 fully saturated rings. The first-order valence-electron chi connectivity index (χ1n) is 8.47. The molecule has 6 nitrogen and oxygen atoms in total. The average Bonchev–Trinajstić information content (AvgIpc) is 3.30. The summed E-state index contributed by atoms with van der Waals surface area (Å²) < 4.78 is 0. The molecule has 2 amide bonds. The summed E-state index contributed by atoms with van der Waals surface area (Å²) in [6.45, 7) is 8.29. The van der Waals surface area contributed by atoms with Crippen molar-refractivity contribution in [1.82, 2.24) is 9.80 Å². The first-order valence-corrected chi connectivity index (χ1v) is 8.47. The molecule has 6 heteroatoms. The molecule has 130 valence electrons. The number of carboxylic acid groups (broad SMARTS) is 1. The molecule has 23 heavy (non-hydrogen) atoms. The fraction of sp³-hybridized carbons (Fsp3) is 0.824. The van der Waals surface area contributed by atoms with E-state index in [4.69, 9.17) is 0 Å². The molecular formula is C17H28N2O4. The van der Waals surface area contributed by atoms with E-state index in [0.29, 0.717) is 13.1 Å². The van der Waals surface area contributed by atoms with Crippen molar-refractivity contribution >= 4 is 17.8 Å². The largest absolute Gasteiger partial charge is 0.480 e. The van der Waals surface area contributed by atoms with Gasteiger partial charge in [-0.25, -0.2) is 4.79 Å². The lowest BCUT2D eigenvalue weighted by atomic mass is 9.90. The Morgan fingerprint density at radius 1 is 1.17 bits per heavy atom. The van der Waals surface area contributed by atoms with Crippen LogP contribution >= 0.6 is 0 Å². The summed E-state index contributed by atoms with van der Waals surface area (Å²) in [6.07, 6.45) is 3.27. The first kappa shape index (κ1) is 17.8. The van der Waals surface area contributed by atoms with Gasteiger partial charge >= 0.3 is 5.97 Å². The van der Waals surface area contributed by atoms with Crippen molar-refractivity contribution in [1.29, 1.82) is 0 Å². The van der Waals surface area contributed by atoms with E-state index in [1.165, 1.54) is 4.90 Å². The van der Waals surface area contributed by atoms with Crippen molar-refractivity contribution in [3.63, 3.8) is 0 Å². The van der Waals surface area contributed by atoms with Crippen LogP contribution in [0.25, 0.3) is 0 Å². The molecule has 0 aromatic heterocycles. The van der Waals surface area contributed by atoms with E-state index in [1.54, 1.807) is 11.8 Å². The van der Waals surface area contributed by atoms with E-state index in [2.05, 4.69) is 0 Å². The van der Waals surface area contributed by atoms with Crippen LogP contribution in [0.15, 0.2) is 0 Å². The Morgan fingerprint density at radius 2 is 1.78 bits per heavy atom. The number of carbonyl (C=O) groups is 3. The Kier molecular flexibility index (Phi) is 5.01. The molecule has 0 aromatic rings. The predicted molar refractivity (Wildman–Crippen MR) is 85.7 cm³/mol. The lowest BCUT2D eigenvalue weighted by Crippen LogP contribution is -2.52. The topological polar surface area (TPSA) is 77.9 Å². The van der Waals surface area contributed by atoms with Crippen LogP contribution in [0.2, 0.25) is 0 Å². The van der Waals surface area contributed by atoms with Gasteiger partial charge in [-0.3, -0.25) is 9.59 Å². The van der Waals surface area contributed by atoms with Gasteiger partial charge in [0.2, 0.25) is 11.8 Å². The van der Waals surface area contributed by atoms with Gasteiger partial charge in [-0.2, -0.15) is 0 Å². The van der Waals surface area contributed by atoms with E-state index >= 15 is 0 Å². The Morgan fingerprint density at radius 3 is 2.26 bits per heavy atom. The number of likely N-dealkylation sites (tertiary alicyclic amines) is 1. The second-order valence-corrected chi connectivity index (χ2v) is 7.83. The third-order valence-corrected chi connectivity index (χ3v) is 4.67. The highest BCUT2D eigenvalue weighted by molar-refractivity contribution is 5.87. The number of aliphatic carboxylic acids is 1. The van der Waals surface area contributed by atoms with Crippen molar-refractivity contribution in [3.8, 4) is 0 Å². The first-order chi connectivity index (χ1) is 10.6. The number of amides is 2. The van der Waals surface area contributed by atoms with Crippen LogP contribution in [-0.4, -0.2) is 57.9 Å². The maximum Gasteiger partial charge on any atom is 0.326 e.